The van der Waals surface area contributed by atoms with Gasteiger partial charge in [-0.2, -0.15) is 0 Å². The molecule has 1 aromatic carbocycles. The number of anilines is 1. The second-order valence-electron chi connectivity index (χ2n) is 4.16. The standard InChI is InChI=1S/C12H11Cl2NO3S/c13-7-3-6-1-2-9(12(18)19-5-10(16)17)15-11(6)8(14)4-7/h3-4,9,15H,1-2,5H2,(H,16,17). The molecule has 0 saturated carbocycles. The highest BCUT2D eigenvalue weighted by Gasteiger charge is 2.26. The lowest BCUT2D eigenvalue weighted by Crippen LogP contribution is -2.32. The second-order valence-corrected chi connectivity index (χ2v) is 5.98. The molecular weight excluding hydrogens is 309 g/mol. The Morgan fingerprint density at radius 1 is 1.42 bits per heavy atom. The molecule has 0 aliphatic carbocycles. The van der Waals surface area contributed by atoms with Crippen LogP contribution in [0.2, 0.25) is 10.0 Å². The third-order valence-corrected chi connectivity index (χ3v) is 4.26. The zero-order valence-corrected chi connectivity index (χ0v) is 12.1. The maximum absolute atomic E-state index is 11.9. The molecule has 1 unspecified atom stereocenters. The van der Waals surface area contributed by atoms with Gasteiger partial charge in [0, 0.05) is 5.02 Å². The van der Waals surface area contributed by atoms with E-state index < -0.39 is 12.0 Å². The molecule has 0 bridgehead atoms. The number of carbonyl (C=O) groups is 2. The van der Waals surface area contributed by atoms with Gasteiger partial charge in [-0.1, -0.05) is 35.0 Å². The average molecular weight is 320 g/mol. The van der Waals surface area contributed by atoms with Gasteiger partial charge >= 0.3 is 5.97 Å². The number of nitrogens with one attached hydrogen (secondary N) is 1. The van der Waals surface area contributed by atoms with Crippen molar-refractivity contribution in [3.63, 3.8) is 0 Å². The van der Waals surface area contributed by atoms with Crippen molar-refractivity contribution < 1.29 is 14.7 Å². The highest BCUT2D eigenvalue weighted by atomic mass is 35.5. The van der Waals surface area contributed by atoms with E-state index >= 15 is 0 Å². The lowest BCUT2D eigenvalue weighted by molar-refractivity contribution is -0.134. The van der Waals surface area contributed by atoms with Gasteiger partial charge in [0.15, 0.2) is 0 Å². The number of benzene rings is 1. The quantitative estimate of drug-likeness (QED) is 0.896. The summed E-state index contributed by atoms with van der Waals surface area (Å²) < 4.78 is 0. The molecule has 0 radical (unpaired) electrons. The van der Waals surface area contributed by atoms with Crippen molar-refractivity contribution in [3.05, 3.63) is 27.7 Å². The summed E-state index contributed by atoms with van der Waals surface area (Å²) in [5.74, 6) is -1.22. The number of carbonyl (C=O) groups excluding carboxylic acids is 1. The predicted molar refractivity (Wildman–Crippen MR) is 77.3 cm³/mol. The third-order valence-electron chi connectivity index (χ3n) is 2.78. The van der Waals surface area contributed by atoms with Crippen LogP contribution in [0.4, 0.5) is 5.69 Å². The van der Waals surface area contributed by atoms with Gasteiger partial charge in [-0.05, 0) is 30.5 Å². The number of rotatable bonds is 3. The van der Waals surface area contributed by atoms with Crippen LogP contribution in [0.15, 0.2) is 12.1 Å². The van der Waals surface area contributed by atoms with E-state index in [1.165, 1.54) is 0 Å². The van der Waals surface area contributed by atoms with E-state index in [0.29, 0.717) is 28.6 Å². The number of carboxylic acids is 1. The molecular formula is C12H11Cl2NO3S. The van der Waals surface area contributed by atoms with E-state index in [1.54, 1.807) is 6.07 Å². The minimum Gasteiger partial charge on any atom is -0.481 e. The first-order valence-corrected chi connectivity index (χ1v) is 7.34. The molecule has 2 N–H and O–H groups in total. The Morgan fingerprint density at radius 2 is 2.16 bits per heavy atom. The van der Waals surface area contributed by atoms with Crippen molar-refractivity contribution in [1.29, 1.82) is 0 Å². The monoisotopic (exact) mass is 319 g/mol. The minimum atomic E-state index is -1.00. The van der Waals surface area contributed by atoms with Crippen LogP contribution in [0.25, 0.3) is 0 Å². The molecule has 4 nitrogen and oxygen atoms in total. The van der Waals surface area contributed by atoms with E-state index in [2.05, 4.69) is 5.32 Å². The number of hydrogen-bond acceptors (Lipinski definition) is 4. The lowest BCUT2D eigenvalue weighted by Gasteiger charge is -2.26. The van der Waals surface area contributed by atoms with Crippen LogP contribution in [0, 0.1) is 0 Å². The SMILES string of the molecule is O=C(O)CSC(=O)C1CCc2cc(Cl)cc(Cl)c2N1. The summed E-state index contributed by atoms with van der Waals surface area (Å²) in [6.45, 7) is 0. The number of aryl methyl sites for hydroxylation is 1. The predicted octanol–water partition coefficient (Wildman–Crippen LogP) is 3.06. The molecule has 1 atom stereocenters. The minimum absolute atomic E-state index is 0.181. The zero-order valence-electron chi connectivity index (χ0n) is 9.78. The Labute approximate surface area is 124 Å². The summed E-state index contributed by atoms with van der Waals surface area (Å²) in [7, 11) is 0. The maximum atomic E-state index is 11.9. The number of thioether (sulfide) groups is 1. The maximum Gasteiger partial charge on any atom is 0.313 e. The molecule has 1 heterocycles. The number of carboxylic acid groups (broad SMARTS) is 1. The fourth-order valence-corrected chi connectivity index (χ4v) is 3.18. The zero-order chi connectivity index (χ0) is 14.0. The van der Waals surface area contributed by atoms with Gasteiger partial charge in [-0.15, -0.1) is 0 Å². The number of hydrogen-bond donors (Lipinski definition) is 2. The highest BCUT2D eigenvalue weighted by molar-refractivity contribution is 8.14. The Hall–Kier alpha value is -0.910. The Balaban J connectivity index is 2.09. The average Bonchev–Trinajstić information content (AvgIpc) is 2.35. The summed E-state index contributed by atoms with van der Waals surface area (Å²) in [6.07, 6.45) is 1.29. The van der Waals surface area contributed by atoms with Gasteiger partial charge in [0.2, 0.25) is 5.12 Å². The topological polar surface area (TPSA) is 66.4 Å². The normalized spacial score (nSPS) is 17.5. The van der Waals surface area contributed by atoms with Crippen LogP contribution in [-0.2, 0) is 16.0 Å². The lowest BCUT2D eigenvalue weighted by atomic mass is 9.99. The van der Waals surface area contributed by atoms with E-state index in [0.717, 1.165) is 17.3 Å². The molecule has 0 saturated heterocycles. The van der Waals surface area contributed by atoms with Crippen LogP contribution >= 0.6 is 35.0 Å². The van der Waals surface area contributed by atoms with Gasteiger partial charge < -0.3 is 10.4 Å². The Morgan fingerprint density at radius 3 is 2.84 bits per heavy atom. The Kier molecular flexibility index (Phi) is 4.60. The second kappa shape index (κ2) is 6.03. The summed E-state index contributed by atoms with van der Waals surface area (Å²) in [5, 5.41) is 12.5. The van der Waals surface area contributed by atoms with E-state index in [1.807, 2.05) is 6.07 Å². The van der Waals surface area contributed by atoms with Crippen molar-refractivity contribution in [2.24, 2.45) is 0 Å². The van der Waals surface area contributed by atoms with Crippen LogP contribution < -0.4 is 5.32 Å². The largest absolute Gasteiger partial charge is 0.481 e. The van der Waals surface area contributed by atoms with Crippen LogP contribution in [0.1, 0.15) is 12.0 Å². The summed E-state index contributed by atoms with van der Waals surface area (Å²) in [4.78, 5) is 22.3. The molecule has 2 rings (SSSR count). The van der Waals surface area contributed by atoms with Gasteiger partial charge in [0.05, 0.1) is 22.5 Å². The molecule has 1 aliphatic heterocycles. The van der Waals surface area contributed by atoms with Gasteiger partial charge in [0.1, 0.15) is 0 Å². The molecule has 102 valence electrons. The number of halogens is 2. The molecule has 7 heteroatoms. The van der Waals surface area contributed by atoms with Crippen molar-refractivity contribution in [3.8, 4) is 0 Å². The first-order chi connectivity index (χ1) is 8.97. The van der Waals surface area contributed by atoms with E-state index in [4.69, 9.17) is 28.3 Å². The molecule has 1 aromatic rings. The van der Waals surface area contributed by atoms with Crippen molar-refractivity contribution in [1.82, 2.24) is 0 Å². The summed E-state index contributed by atoms with van der Waals surface area (Å²) in [5.41, 5.74) is 1.69. The molecule has 0 fully saturated rings. The molecule has 0 spiro atoms. The number of fused-ring (bicyclic) bond motifs is 1. The van der Waals surface area contributed by atoms with Crippen molar-refractivity contribution >= 4 is 51.7 Å². The first kappa shape index (κ1) is 14.5. The van der Waals surface area contributed by atoms with Crippen LogP contribution in [0.5, 0.6) is 0 Å². The summed E-state index contributed by atoms with van der Waals surface area (Å²) in [6, 6.07) is 3.03. The summed E-state index contributed by atoms with van der Waals surface area (Å²) >= 11 is 12.8. The Bertz CT molecular complexity index is 536. The van der Waals surface area contributed by atoms with Gasteiger partial charge in [0.25, 0.3) is 0 Å². The fourth-order valence-electron chi connectivity index (χ4n) is 1.94. The molecule has 1 aliphatic rings. The fraction of sp³-hybridized carbons (Fsp3) is 0.333. The molecule has 0 aromatic heterocycles. The van der Waals surface area contributed by atoms with Crippen LogP contribution in [-0.4, -0.2) is 28.0 Å². The third kappa shape index (κ3) is 3.55. The van der Waals surface area contributed by atoms with E-state index in [9.17, 15) is 9.59 Å². The highest BCUT2D eigenvalue weighted by Crippen LogP contribution is 2.35. The van der Waals surface area contributed by atoms with Crippen molar-refractivity contribution in [2.75, 3.05) is 11.1 Å². The smallest absolute Gasteiger partial charge is 0.313 e. The first-order valence-electron chi connectivity index (χ1n) is 5.60. The van der Waals surface area contributed by atoms with Crippen LogP contribution in [0.3, 0.4) is 0 Å². The molecule has 19 heavy (non-hydrogen) atoms. The van der Waals surface area contributed by atoms with Gasteiger partial charge in [-0.25, -0.2) is 0 Å². The van der Waals surface area contributed by atoms with Gasteiger partial charge in [-0.3, -0.25) is 9.59 Å². The number of aliphatic carboxylic acids is 1. The van der Waals surface area contributed by atoms with E-state index in [-0.39, 0.29) is 10.9 Å². The van der Waals surface area contributed by atoms with Crippen molar-refractivity contribution in [2.45, 2.75) is 18.9 Å². The molecule has 0 amide bonds.